The van der Waals surface area contributed by atoms with Crippen LogP contribution >= 0.6 is 22.7 Å². The minimum Gasteiger partial charge on any atom is -0.310 e. The van der Waals surface area contributed by atoms with Crippen LogP contribution in [0.25, 0.3) is 129 Å². The predicted molar refractivity (Wildman–Crippen MR) is 315 cm³/mol. The zero-order chi connectivity index (χ0) is 48.8. The monoisotopic (exact) mass is 970 g/mol. The Hall–Kier alpha value is -7.84. The lowest BCUT2D eigenvalue weighted by atomic mass is 9.34. The second kappa shape index (κ2) is 14.4. The van der Waals surface area contributed by atoms with Crippen molar-refractivity contribution in [1.82, 2.24) is 19.1 Å². The largest absolute Gasteiger partial charge is 0.310 e. The second-order valence-electron chi connectivity index (χ2n) is 22.6. The lowest BCUT2D eigenvalue weighted by Gasteiger charge is -2.36. The molecule has 2 aliphatic heterocycles. The molecular formula is C66H47BN4S2. The molecule has 0 fully saturated rings. The lowest BCUT2D eigenvalue weighted by Crippen LogP contribution is -2.59. The van der Waals surface area contributed by atoms with Crippen molar-refractivity contribution in [3.63, 3.8) is 0 Å². The van der Waals surface area contributed by atoms with Crippen LogP contribution in [0.4, 0.5) is 0 Å². The molecular weight excluding hydrogens is 924 g/mol. The Bertz CT molecular complexity index is 4460. The van der Waals surface area contributed by atoms with Crippen molar-refractivity contribution in [1.29, 1.82) is 0 Å². The van der Waals surface area contributed by atoms with Crippen LogP contribution in [0.3, 0.4) is 0 Å². The molecule has 346 valence electrons. The quantitative estimate of drug-likeness (QED) is 0.165. The van der Waals surface area contributed by atoms with E-state index in [4.69, 9.17) is 9.97 Å². The average Bonchev–Trinajstić information content (AvgIpc) is 4.16. The molecule has 14 aromatic rings. The molecule has 7 heteroatoms. The summed E-state index contributed by atoms with van der Waals surface area (Å²) >= 11 is 3.81. The number of fused-ring (bicyclic) bond motifs is 16. The van der Waals surface area contributed by atoms with Crippen LogP contribution in [-0.2, 0) is 10.8 Å². The summed E-state index contributed by atoms with van der Waals surface area (Å²) in [7, 11) is 0. The fraction of sp³-hybridized carbons (Fsp3) is 0.121. The standard InChI is InChI=1S/C66H47BN4S2/c1-65(2,3)39-27-47-43-33-59-45(41-21-13-15-23-57(41)72-59)31-53(43)70-55-25-38(52-35-51(36-17-9-7-10-18-36)68-64(69-52)37-19-11-8-12-20-37)26-56-61(55)67(49(29-39)62(47)70)50-30-40(66(4,5)6)28-48-44-34-60-46(32-54(44)71(56)63(48)50)42-22-14-16-24-58(42)73-60/h7-35H,1-6H3. The van der Waals surface area contributed by atoms with Gasteiger partial charge in [0.25, 0.3) is 6.71 Å². The maximum Gasteiger partial charge on any atom is 0.252 e. The molecule has 9 aromatic carbocycles. The van der Waals surface area contributed by atoms with E-state index in [2.05, 4.69) is 227 Å². The van der Waals surface area contributed by atoms with Gasteiger partial charge in [-0.2, -0.15) is 0 Å². The van der Waals surface area contributed by atoms with E-state index in [1.807, 2.05) is 22.7 Å². The lowest BCUT2D eigenvalue weighted by molar-refractivity contribution is 0.591. The van der Waals surface area contributed by atoms with Crippen LogP contribution in [-0.4, -0.2) is 25.8 Å². The minimum atomic E-state index is -0.0889. The van der Waals surface area contributed by atoms with Crippen LogP contribution < -0.4 is 16.4 Å². The molecule has 4 nitrogen and oxygen atoms in total. The summed E-state index contributed by atoms with van der Waals surface area (Å²) in [5.74, 6) is 0.711. The average molecular weight is 971 g/mol. The molecule has 0 spiro atoms. The molecule has 0 aliphatic carbocycles. The van der Waals surface area contributed by atoms with Gasteiger partial charge in [-0.25, -0.2) is 9.97 Å². The van der Waals surface area contributed by atoms with Gasteiger partial charge in [0.15, 0.2) is 5.82 Å². The molecule has 0 bridgehead atoms. The van der Waals surface area contributed by atoms with Crippen LogP contribution in [0, 0.1) is 0 Å². The molecule has 5 aromatic heterocycles. The summed E-state index contributed by atoms with van der Waals surface area (Å²) in [6.07, 6.45) is 0. The first-order valence-corrected chi connectivity index (χ1v) is 27.1. The maximum atomic E-state index is 5.53. The van der Waals surface area contributed by atoms with Gasteiger partial charge in [-0.15, -0.1) is 22.7 Å². The first-order valence-electron chi connectivity index (χ1n) is 25.5. The summed E-state index contributed by atoms with van der Waals surface area (Å²) in [5.41, 5.74) is 19.0. The molecule has 0 radical (unpaired) electrons. The predicted octanol–water partition coefficient (Wildman–Crippen LogP) is 16.1. The summed E-state index contributed by atoms with van der Waals surface area (Å²) in [4.78, 5) is 10.8. The highest BCUT2D eigenvalue weighted by Gasteiger charge is 2.43. The van der Waals surface area contributed by atoms with E-state index < -0.39 is 0 Å². The Kier molecular flexibility index (Phi) is 8.26. The third-order valence-corrected chi connectivity index (χ3v) is 18.4. The highest BCUT2D eigenvalue weighted by Crippen LogP contribution is 2.47. The number of aromatic nitrogens is 4. The van der Waals surface area contributed by atoms with E-state index in [9.17, 15) is 0 Å². The normalized spacial score (nSPS) is 13.3. The molecule has 73 heavy (non-hydrogen) atoms. The zero-order valence-electron chi connectivity index (χ0n) is 41.4. The van der Waals surface area contributed by atoms with E-state index in [0.717, 1.165) is 28.1 Å². The summed E-state index contributed by atoms with van der Waals surface area (Å²) in [5, 5.41) is 10.4. The number of hydrogen-bond donors (Lipinski definition) is 0. The summed E-state index contributed by atoms with van der Waals surface area (Å²) in [6, 6.07) is 66.2. The third-order valence-electron chi connectivity index (χ3n) is 16.2. The van der Waals surface area contributed by atoms with Gasteiger partial charge in [-0.1, -0.05) is 151 Å². The van der Waals surface area contributed by atoms with E-state index in [1.54, 1.807) is 0 Å². The van der Waals surface area contributed by atoms with E-state index in [0.29, 0.717) is 5.82 Å². The molecule has 16 rings (SSSR count). The molecule has 0 unspecified atom stereocenters. The molecule has 0 N–H and O–H groups in total. The third kappa shape index (κ3) is 5.83. The Morgan fingerprint density at radius 2 is 0.836 bits per heavy atom. The van der Waals surface area contributed by atoms with Crippen molar-refractivity contribution in [3.8, 4) is 45.3 Å². The number of rotatable bonds is 3. The minimum absolute atomic E-state index is 0.0312. The fourth-order valence-corrected chi connectivity index (χ4v) is 14.8. The Morgan fingerprint density at radius 1 is 0.384 bits per heavy atom. The Balaban J connectivity index is 1.11. The van der Waals surface area contributed by atoms with Crippen molar-refractivity contribution in [2.75, 3.05) is 0 Å². The molecule has 2 aliphatic rings. The Labute approximate surface area is 430 Å². The smallest absolute Gasteiger partial charge is 0.252 e. The van der Waals surface area contributed by atoms with Gasteiger partial charge in [0.05, 0.1) is 22.4 Å². The van der Waals surface area contributed by atoms with Gasteiger partial charge in [0.1, 0.15) is 0 Å². The molecule has 7 heterocycles. The molecule has 0 atom stereocenters. The van der Waals surface area contributed by atoms with Crippen molar-refractivity contribution in [2.45, 2.75) is 52.4 Å². The second-order valence-corrected chi connectivity index (χ2v) is 24.7. The number of hydrogen-bond acceptors (Lipinski definition) is 4. The summed E-state index contributed by atoms with van der Waals surface area (Å²) in [6.45, 7) is 14.2. The maximum absolute atomic E-state index is 5.53. The van der Waals surface area contributed by atoms with Crippen LogP contribution in [0.15, 0.2) is 176 Å². The Morgan fingerprint density at radius 3 is 1.33 bits per heavy atom. The first-order chi connectivity index (χ1) is 35.4. The summed E-state index contributed by atoms with van der Waals surface area (Å²) < 4.78 is 10.6. The highest BCUT2D eigenvalue weighted by atomic mass is 32.1. The number of nitrogens with zero attached hydrogens (tertiary/aromatic N) is 4. The van der Waals surface area contributed by atoms with E-state index >= 15 is 0 Å². The fourth-order valence-electron chi connectivity index (χ4n) is 12.6. The van der Waals surface area contributed by atoms with Crippen LogP contribution in [0.1, 0.15) is 52.7 Å². The first kappa shape index (κ1) is 41.7. The number of benzene rings is 9. The number of thiophene rings is 2. The van der Waals surface area contributed by atoms with Crippen molar-refractivity contribution < 1.29 is 0 Å². The van der Waals surface area contributed by atoms with Gasteiger partial charge in [0, 0.05) is 101 Å². The van der Waals surface area contributed by atoms with Crippen molar-refractivity contribution >= 4 is 130 Å². The molecule has 0 saturated carbocycles. The van der Waals surface area contributed by atoms with E-state index in [-0.39, 0.29) is 17.5 Å². The van der Waals surface area contributed by atoms with Gasteiger partial charge in [-0.05, 0) is 105 Å². The van der Waals surface area contributed by atoms with Crippen LogP contribution in [0.5, 0.6) is 0 Å². The van der Waals surface area contributed by atoms with Crippen molar-refractivity contribution in [3.05, 3.63) is 187 Å². The topological polar surface area (TPSA) is 35.6 Å². The van der Waals surface area contributed by atoms with Crippen molar-refractivity contribution in [2.24, 2.45) is 0 Å². The highest BCUT2D eigenvalue weighted by molar-refractivity contribution is 7.26. The van der Waals surface area contributed by atoms with Gasteiger partial charge < -0.3 is 9.13 Å². The van der Waals surface area contributed by atoms with Crippen LogP contribution in [0.2, 0.25) is 0 Å². The molecule has 0 amide bonds. The van der Waals surface area contributed by atoms with Gasteiger partial charge in [0.2, 0.25) is 0 Å². The van der Waals surface area contributed by atoms with Gasteiger partial charge >= 0.3 is 0 Å². The zero-order valence-corrected chi connectivity index (χ0v) is 43.1. The van der Waals surface area contributed by atoms with Gasteiger partial charge in [-0.3, -0.25) is 0 Å². The van der Waals surface area contributed by atoms with E-state index in [1.165, 1.54) is 123 Å². The molecule has 0 saturated heterocycles. The SMILES string of the molecule is CC(C)(C)c1cc2c3c(c1)c1cc4sc5ccccc5c4cc1n3-c1cc(-c3cc(-c4ccccc4)nc(-c4ccccc4)n3)cc3c1B2c1cc(C(C)(C)C)cc2c4cc5sc6ccccc6c5cc4n-3c12.